The highest BCUT2D eigenvalue weighted by atomic mass is 35.5. The number of carbonyl (C=O) groups excluding carboxylic acids is 2. The lowest BCUT2D eigenvalue weighted by molar-refractivity contribution is -0.137. The minimum absolute atomic E-state index is 0. The van der Waals surface area contributed by atoms with E-state index in [0.29, 0.717) is 12.8 Å². The number of rotatable bonds is 6. The van der Waals surface area contributed by atoms with Crippen LogP contribution in [-0.2, 0) is 15.8 Å². The molecule has 1 aliphatic rings. The Balaban J connectivity index is 0.00000364. The molecule has 0 radical (unpaired) electrons. The molecule has 1 aliphatic heterocycles. The molecular weight excluding hydrogens is 383 g/mol. The second-order valence-corrected chi connectivity index (χ2v) is 6.62. The molecule has 0 aliphatic carbocycles. The molecule has 1 saturated heterocycles. The molecule has 2 rings (SSSR count). The van der Waals surface area contributed by atoms with Crippen LogP contribution in [-0.4, -0.2) is 30.9 Å². The number of benzene rings is 1. The van der Waals surface area contributed by atoms with Crippen molar-refractivity contribution in [1.29, 1.82) is 0 Å². The van der Waals surface area contributed by atoms with Gasteiger partial charge in [0.2, 0.25) is 11.8 Å². The molecule has 27 heavy (non-hydrogen) atoms. The Morgan fingerprint density at radius 1 is 1.30 bits per heavy atom. The highest BCUT2D eigenvalue weighted by Gasteiger charge is 2.38. The minimum atomic E-state index is -4.48. The summed E-state index contributed by atoms with van der Waals surface area (Å²) >= 11 is 0. The lowest BCUT2D eigenvalue weighted by atomic mass is 9.81. The molecule has 3 N–H and O–H groups in total. The highest BCUT2D eigenvalue weighted by Crippen LogP contribution is 2.33. The van der Waals surface area contributed by atoms with Crippen LogP contribution in [0.3, 0.4) is 0 Å². The maximum absolute atomic E-state index is 12.9. The smallest absolute Gasteiger partial charge is 0.351 e. The molecule has 1 heterocycles. The van der Waals surface area contributed by atoms with E-state index in [1.54, 1.807) is 0 Å². The van der Waals surface area contributed by atoms with Crippen LogP contribution in [0.25, 0.3) is 0 Å². The maximum Gasteiger partial charge on any atom is 0.416 e. The average molecular weight is 408 g/mol. The van der Waals surface area contributed by atoms with Crippen molar-refractivity contribution in [3.05, 3.63) is 29.8 Å². The first-order valence-electron chi connectivity index (χ1n) is 8.65. The van der Waals surface area contributed by atoms with Gasteiger partial charge in [-0.3, -0.25) is 9.59 Å². The fourth-order valence-corrected chi connectivity index (χ4v) is 3.19. The van der Waals surface area contributed by atoms with Gasteiger partial charge < -0.3 is 16.0 Å². The minimum Gasteiger partial charge on any atom is -0.351 e. The van der Waals surface area contributed by atoms with Crippen molar-refractivity contribution in [3.8, 4) is 0 Å². The van der Waals surface area contributed by atoms with Gasteiger partial charge in [-0.15, -0.1) is 12.4 Å². The van der Waals surface area contributed by atoms with Crippen LogP contribution in [0.5, 0.6) is 0 Å². The van der Waals surface area contributed by atoms with Crippen molar-refractivity contribution in [2.45, 2.75) is 45.3 Å². The Labute approximate surface area is 162 Å². The normalized spacial score (nSPS) is 17.6. The number of carbonyl (C=O) groups is 2. The van der Waals surface area contributed by atoms with Crippen LogP contribution in [0.1, 0.15) is 38.7 Å². The van der Waals surface area contributed by atoms with Crippen LogP contribution >= 0.6 is 12.4 Å². The summed E-state index contributed by atoms with van der Waals surface area (Å²) < 4.78 is 38.6. The molecule has 2 amide bonds. The first kappa shape index (κ1) is 23.2. The summed E-state index contributed by atoms with van der Waals surface area (Å²) in [7, 11) is 0. The molecule has 1 fully saturated rings. The summed E-state index contributed by atoms with van der Waals surface area (Å²) in [6, 6.07) is 4.18. The van der Waals surface area contributed by atoms with E-state index in [0.717, 1.165) is 12.1 Å². The largest absolute Gasteiger partial charge is 0.416 e. The fourth-order valence-electron chi connectivity index (χ4n) is 3.19. The quantitative estimate of drug-likeness (QED) is 0.760. The average Bonchev–Trinajstić information content (AvgIpc) is 2.96. The van der Waals surface area contributed by atoms with Gasteiger partial charge in [0.25, 0.3) is 0 Å². The second kappa shape index (κ2) is 8.93. The zero-order chi connectivity index (χ0) is 19.5. The summed E-state index contributed by atoms with van der Waals surface area (Å²) in [5.41, 5.74) is 4.44. The summed E-state index contributed by atoms with van der Waals surface area (Å²) in [4.78, 5) is 26.1. The van der Waals surface area contributed by atoms with Crippen molar-refractivity contribution in [3.63, 3.8) is 0 Å². The summed E-state index contributed by atoms with van der Waals surface area (Å²) in [5, 5.41) is 2.84. The van der Waals surface area contributed by atoms with E-state index in [2.05, 4.69) is 5.32 Å². The van der Waals surface area contributed by atoms with E-state index in [1.165, 1.54) is 17.0 Å². The summed E-state index contributed by atoms with van der Waals surface area (Å²) in [6.45, 7) is 4.10. The maximum atomic E-state index is 12.9. The number of alkyl halides is 3. The van der Waals surface area contributed by atoms with Gasteiger partial charge >= 0.3 is 6.18 Å². The van der Waals surface area contributed by atoms with Gasteiger partial charge in [-0.05, 0) is 31.0 Å². The van der Waals surface area contributed by atoms with E-state index < -0.39 is 23.2 Å². The molecule has 5 nitrogen and oxygen atoms in total. The van der Waals surface area contributed by atoms with Crippen LogP contribution in [0.2, 0.25) is 0 Å². The predicted molar refractivity (Wildman–Crippen MR) is 99.7 cm³/mol. The number of amides is 2. The van der Waals surface area contributed by atoms with Gasteiger partial charge in [0.1, 0.15) is 0 Å². The molecule has 0 aromatic heterocycles. The number of anilines is 1. The molecule has 1 unspecified atom stereocenters. The molecule has 0 bridgehead atoms. The molecule has 1 atom stereocenters. The highest BCUT2D eigenvalue weighted by molar-refractivity contribution is 5.97. The van der Waals surface area contributed by atoms with Crippen molar-refractivity contribution in [1.82, 2.24) is 5.32 Å². The monoisotopic (exact) mass is 407 g/mol. The Morgan fingerprint density at radius 2 is 1.93 bits per heavy atom. The van der Waals surface area contributed by atoms with Crippen molar-refractivity contribution in [2.24, 2.45) is 11.1 Å². The zero-order valence-electron chi connectivity index (χ0n) is 15.3. The van der Waals surface area contributed by atoms with Gasteiger partial charge in [-0.25, -0.2) is 0 Å². The third kappa shape index (κ3) is 4.93. The van der Waals surface area contributed by atoms with Gasteiger partial charge in [-0.1, -0.05) is 19.9 Å². The van der Waals surface area contributed by atoms with Gasteiger partial charge in [0.15, 0.2) is 0 Å². The van der Waals surface area contributed by atoms with Crippen LogP contribution in [0, 0.1) is 5.41 Å². The molecule has 1 aromatic carbocycles. The Kier molecular flexibility index (Phi) is 7.68. The molecular formula is C18H25ClF3N3O2. The number of nitrogens with one attached hydrogen (secondary N) is 1. The fraction of sp³-hybridized carbons (Fsp3) is 0.556. The second-order valence-electron chi connectivity index (χ2n) is 6.62. The first-order chi connectivity index (χ1) is 12.2. The first-order valence-corrected chi connectivity index (χ1v) is 8.65. The SMILES string of the molecule is CCC(CC)(CN)C(=O)NC1CC(=O)N(c2cccc(C(F)(F)F)c2)C1.Cl. The van der Waals surface area contributed by atoms with E-state index in [1.807, 2.05) is 13.8 Å². The van der Waals surface area contributed by atoms with E-state index >= 15 is 0 Å². The van der Waals surface area contributed by atoms with Crippen molar-refractivity contribution < 1.29 is 22.8 Å². The van der Waals surface area contributed by atoms with Crippen LogP contribution in [0.15, 0.2) is 24.3 Å². The van der Waals surface area contributed by atoms with Crippen LogP contribution < -0.4 is 16.0 Å². The molecule has 152 valence electrons. The topological polar surface area (TPSA) is 75.4 Å². The Bertz CT molecular complexity index is 670. The van der Waals surface area contributed by atoms with Gasteiger partial charge in [-0.2, -0.15) is 13.2 Å². The number of nitrogens with zero attached hydrogens (tertiary/aromatic N) is 1. The molecule has 0 spiro atoms. The third-order valence-electron chi connectivity index (χ3n) is 5.17. The van der Waals surface area contributed by atoms with Crippen molar-refractivity contribution >= 4 is 29.9 Å². The zero-order valence-corrected chi connectivity index (χ0v) is 16.1. The van der Waals surface area contributed by atoms with Gasteiger partial charge in [0, 0.05) is 25.2 Å². The summed E-state index contributed by atoms with van der Waals surface area (Å²) in [6.07, 6.45) is -3.28. The molecule has 1 aromatic rings. The number of nitrogens with two attached hydrogens (primary N) is 1. The lowest BCUT2D eigenvalue weighted by Crippen LogP contribution is -2.49. The number of halogens is 4. The van der Waals surface area contributed by atoms with E-state index in [-0.39, 0.29) is 49.4 Å². The Hall–Kier alpha value is -1.80. The lowest BCUT2D eigenvalue weighted by Gasteiger charge is -2.30. The van der Waals surface area contributed by atoms with Gasteiger partial charge in [0.05, 0.1) is 17.0 Å². The van der Waals surface area contributed by atoms with E-state index in [4.69, 9.17) is 5.73 Å². The third-order valence-corrected chi connectivity index (χ3v) is 5.17. The number of hydrogen-bond acceptors (Lipinski definition) is 3. The van der Waals surface area contributed by atoms with Crippen LogP contribution in [0.4, 0.5) is 18.9 Å². The van der Waals surface area contributed by atoms with Crippen molar-refractivity contribution in [2.75, 3.05) is 18.0 Å². The number of hydrogen-bond donors (Lipinski definition) is 2. The summed E-state index contributed by atoms with van der Waals surface area (Å²) in [5.74, 6) is -0.533. The molecule has 0 saturated carbocycles. The Morgan fingerprint density at radius 3 is 2.44 bits per heavy atom. The predicted octanol–water partition coefficient (Wildman–Crippen LogP) is 3.11. The van der Waals surface area contributed by atoms with E-state index in [9.17, 15) is 22.8 Å². The standard InChI is InChI=1S/C18H24F3N3O2.ClH/c1-3-17(4-2,11-22)16(26)23-13-9-15(25)24(10-13)14-7-5-6-12(8-14)18(19,20)21;/h5-8,13H,3-4,9-11,22H2,1-2H3,(H,23,26);1H. The molecule has 9 heteroatoms.